The molecule has 110 valence electrons. The van der Waals surface area contributed by atoms with Crippen molar-refractivity contribution in [2.45, 2.75) is 4.90 Å². The van der Waals surface area contributed by atoms with Crippen LogP contribution < -0.4 is 21.3 Å². The van der Waals surface area contributed by atoms with E-state index in [1.165, 1.54) is 30.3 Å². The van der Waals surface area contributed by atoms with Crippen LogP contribution in [-0.4, -0.2) is 19.4 Å². The number of carbonyl (C=O) groups excluding carboxylic acids is 1. The number of anilines is 2. The Morgan fingerprint density at radius 2 is 1.67 bits per heavy atom. The summed E-state index contributed by atoms with van der Waals surface area (Å²) in [5.74, 6) is 0. The molecular weight excluding hydrogens is 296 g/mol. The number of aromatic amines is 1. The number of urea groups is 1. The molecule has 2 amide bonds. The number of carbonyl (C=O) groups is 1. The van der Waals surface area contributed by atoms with Crippen LogP contribution in [0.4, 0.5) is 16.2 Å². The van der Waals surface area contributed by atoms with Gasteiger partial charge < -0.3 is 16.0 Å². The second kappa shape index (κ2) is 5.67. The maximum atomic E-state index is 12.1. The molecule has 0 aliphatic carbocycles. The van der Waals surface area contributed by atoms with Crippen LogP contribution in [0.3, 0.4) is 0 Å². The van der Waals surface area contributed by atoms with Gasteiger partial charge in [0.15, 0.2) is 0 Å². The van der Waals surface area contributed by atoms with Crippen LogP contribution >= 0.6 is 0 Å². The van der Waals surface area contributed by atoms with Crippen molar-refractivity contribution >= 4 is 27.4 Å². The van der Waals surface area contributed by atoms with Crippen molar-refractivity contribution in [2.24, 2.45) is 5.73 Å². The molecule has 5 N–H and O–H groups in total. The number of sulfonamides is 1. The number of hydrogen-bond acceptors (Lipinski definition) is 4. The molecule has 0 fully saturated rings. The van der Waals surface area contributed by atoms with Crippen molar-refractivity contribution in [1.29, 1.82) is 0 Å². The highest BCUT2D eigenvalue weighted by Gasteiger charge is 2.14. The molecule has 0 spiro atoms. The third kappa shape index (κ3) is 3.83. The third-order valence-electron chi connectivity index (χ3n) is 2.47. The Balaban J connectivity index is 2.18. The quantitative estimate of drug-likeness (QED) is 0.660. The molecule has 0 saturated heterocycles. The summed E-state index contributed by atoms with van der Waals surface area (Å²) in [7, 11) is -3.80. The molecule has 0 aliphatic heterocycles. The Bertz CT molecular complexity index is 791. The highest BCUT2D eigenvalue weighted by atomic mass is 32.2. The fraction of sp³-hybridized carbons (Fsp3) is 0. The van der Waals surface area contributed by atoms with E-state index in [0.29, 0.717) is 11.4 Å². The van der Waals surface area contributed by atoms with Crippen LogP contribution in [0.25, 0.3) is 0 Å². The maximum absolute atomic E-state index is 12.1. The number of amides is 2. The summed E-state index contributed by atoms with van der Waals surface area (Å²) in [6.45, 7) is 0. The fourth-order valence-electron chi connectivity index (χ4n) is 1.54. The highest BCUT2D eigenvalue weighted by molar-refractivity contribution is 7.92. The number of primary amides is 1. The van der Waals surface area contributed by atoms with Gasteiger partial charge in [-0.2, -0.15) is 0 Å². The number of benzene rings is 1. The molecule has 1 aromatic carbocycles. The number of nitrogens with two attached hydrogens (primary N) is 1. The summed E-state index contributed by atoms with van der Waals surface area (Å²) in [6, 6.07) is 7.53. The fourth-order valence-corrected chi connectivity index (χ4v) is 2.57. The molecule has 0 unspecified atom stereocenters. The van der Waals surface area contributed by atoms with Gasteiger partial charge in [0.1, 0.15) is 4.90 Å². The zero-order valence-corrected chi connectivity index (χ0v) is 11.5. The summed E-state index contributed by atoms with van der Waals surface area (Å²) >= 11 is 0. The average Bonchev–Trinajstić information content (AvgIpc) is 2.40. The van der Waals surface area contributed by atoms with Gasteiger partial charge in [-0.25, -0.2) is 13.2 Å². The van der Waals surface area contributed by atoms with Gasteiger partial charge in [0.25, 0.3) is 10.0 Å². The maximum Gasteiger partial charge on any atom is 0.316 e. The van der Waals surface area contributed by atoms with E-state index < -0.39 is 21.6 Å². The second-order valence-corrected chi connectivity index (χ2v) is 5.74. The van der Waals surface area contributed by atoms with Gasteiger partial charge in [0, 0.05) is 23.6 Å². The summed E-state index contributed by atoms with van der Waals surface area (Å²) in [5, 5.41) is 2.35. The first-order chi connectivity index (χ1) is 9.87. The lowest BCUT2D eigenvalue weighted by Crippen LogP contribution is -2.19. The van der Waals surface area contributed by atoms with Crippen LogP contribution in [0, 0.1) is 0 Å². The molecule has 8 nitrogen and oxygen atoms in total. The molecule has 1 aromatic heterocycles. The number of nitrogens with one attached hydrogen (secondary N) is 3. The van der Waals surface area contributed by atoms with Crippen molar-refractivity contribution in [1.82, 2.24) is 4.98 Å². The van der Waals surface area contributed by atoms with Gasteiger partial charge in [-0.1, -0.05) is 0 Å². The molecule has 2 rings (SSSR count). The Kier molecular flexibility index (Phi) is 3.94. The average molecular weight is 308 g/mol. The molecule has 0 atom stereocenters. The van der Waals surface area contributed by atoms with Crippen LogP contribution in [0.1, 0.15) is 0 Å². The van der Waals surface area contributed by atoms with Crippen molar-refractivity contribution in [3.63, 3.8) is 0 Å². The molecule has 0 aliphatic rings. The summed E-state index contributed by atoms with van der Waals surface area (Å²) < 4.78 is 26.4. The van der Waals surface area contributed by atoms with Crippen molar-refractivity contribution < 1.29 is 13.2 Å². The van der Waals surface area contributed by atoms with Crippen LogP contribution in [0.5, 0.6) is 0 Å². The van der Waals surface area contributed by atoms with E-state index in [-0.39, 0.29) is 4.90 Å². The Hall–Kier alpha value is -2.81. The Morgan fingerprint density at radius 3 is 2.19 bits per heavy atom. The standard InChI is InChI=1S/C12H12N4O4S/c13-12(18)15-8-1-3-9(4-2-8)16-21(19,20)10-5-6-11(17)14-7-10/h1-7,16H,(H,14,17)(H3,13,15,18). The Morgan fingerprint density at radius 1 is 1.05 bits per heavy atom. The summed E-state index contributed by atoms with van der Waals surface area (Å²) in [4.78, 5) is 23.8. The first-order valence-corrected chi connectivity index (χ1v) is 7.23. The normalized spacial score (nSPS) is 10.9. The number of rotatable bonds is 4. The lowest BCUT2D eigenvalue weighted by molar-refractivity contribution is 0.259. The zero-order chi connectivity index (χ0) is 15.5. The van der Waals surface area contributed by atoms with Crippen LogP contribution in [0.2, 0.25) is 0 Å². The van der Waals surface area contributed by atoms with Gasteiger partial charge >= 0.3 is 6.03 Å². The van der Waals surface area contributed by atoms with Gasteiger partial charge in [0.2, 0.25) is 5.56 Å². The van der Waals surface area contributed by atoms with E-state index in [0.717, 1.165) is 12.3 Å². The van der Waals surface area contributed by atoms with Crippen molar-refractivity contribution in [3.05, 3.63) is 52.9 Å². The van der Waals surface area contributed by atoms with Gasteiger partial charge in [-0.3, -0.25) is 9.52 Å². The minimum atomic E-state index is -3.80. The topological polar surface area (TPSA) is 134 Å². The molecule has 2 aromatic rings. The molecule has 0 bridgehead atoms. The summed E-state index contributed by atoms with van der Waals surface area (Å²) in [5.41, 5.74) is 5.31. The molecule has 9 heteroatoms. The molecular formula is C12H12N4O4S. The zero-order valence-electron chi connectivity index (χ0n) is 10.7. The number of H-pyrrole nitrogens is 1. The number of pyridine rings is 1. The minimum absolute atomic E-state index is 0.0681. The number of aromatic nitrogens is 1. The smallest absolute Gasteiger partial charge is 0.316 e. The van der Waals surface area contributed by atoms with Crippen molar-refractivity contribution in [2.75, 3.05) is 10.0 Å². The molecule has 0 saturated carbocycles. The first kappa shape index (κ1) is 14.6. The van der Waals surface area contributed by atoms with E-state index in [1.54, 1.807) is 0 Å². The molecule has 1 heterocycles. The monoisotopic (exact) mass is 308 g/mol. The van der Waals surface area contributed by atoms with Crippen molar-refractivity contribution in [3.8, 4) is 0 Å². The van der Waals surface area contributed by atoms with E-state index in [9.17, 15) is 18.0 Å². The predicted molar refractivity (Wildman–Crippen MR) is 77.5 cm³/mol. The third-order valence-corrected chi connectivity index (χ3v) is 3.85. The minimum Gasteiger partial charge on any atom is -0.351 e. The molecule has 21 heavy (non-hydrogen) atoms. The predicted octanol–water partition coefficient (Wildman–Crippen LogP) is 0.666. The van der Waals surface area contributed by atoms with Gasteiger partial charge in [-0.05, 0) is 30.3 Å². The van der Waals surface area contributed by atoms with Gasteiger partial charge in [-0.15, -0.1) is 0 Å². The highest BCUT2D eigenvalue weighted by Crippen LogP contribution is 2.17. The van der Waals surface area contributed by atoms with E-state index in [2.05, 4.69) is 15.0 Å². The Labute approximate surface area is 120 Å². The second-order valence-electron chi connectivity index (χ2n) is 4.06. The largest absolute Gasteiger partial charge is 0.351 e. The van der Waals surface area contributed by atoms with Crippen LogP contribution in [0.15, 0.2) is 52.3 Å². The lowest BCUT2D eigenvalue weighted by atomic mass is 10.3. The summed E-state index contributed by atoms with van der Waals surface area (Å²) in [6.07, 6.45) is 1.10. The van der Waals surface area contributed by atoms with Gasteiger partial charge in [0.05, 0.1) is 0 Å². The van der Waals surface area contributed by atoms with Crippen LogP contribution in [-0.2, 0) is 10.0 Å². The first-order valence-electron chi connectivity index (χ1n) is 5.75. The SMILES string of the molecule is NC(=O)Nc1ccc(NS(=O)(=O)c2ccc(=O)[nH]c2)cc1. The number of hydrogen-bond donors (Lipinski definition) is 4. The van der Waals surface area contributed by atoms with E-state index >= 15 is 0 Å². The van der Waals surface area contributed by atoms with E-state index in [1.807, 2.05) is 0 Å². The lowest BCUT2D eigenvalue weighted by Gasteiger charge is -2.08. The van der Waals surface area contributed by atoms with E-state index in [4.69, 9.17) is 5.73 Å². The molecule has 0 radical (unpaired) electrons.